The average molecular weight is 419 g/mol. The molecule has 0 aliphatic carbocycles. The number of nitrogens with zero attached hydrogens (tertiary/aromatic N) is 1. The Morgan fingerprint density at radius 1 is 1.28 bits per heavy atom. The van der Waals surface area contributed by atoms with Gasteiger partial charge in [-0.15, -0.1) is 0 Å². The standard InChI is InChI=1S/C21H20ClFN2O4/c1-13(14-5-3-2-4-6-14)25-11-15(9-20(25)27)21(28)29-12-19(26)24-16-7-8-18(23)17(22)10-16/h2-8,10,13,15H,9,11-12H2,1H3,(H,24,26)/t13-,15+/m1/s1. The van der Waals surface area contributed by atoms with Gasteiger partial charge >= 0.3 is 5.97 Å². The largest absolute Gasteiger partial charge is 0.455 e. The quantitative estimate of drug-likeness (QED) is 0.728. The van der Waals surface area contributed by atoms with E-state index in [1.165, 1.54) is 12.1 Å². The third-order valence-electron chi connectivity index (χ3n) is 4.79. The lowest BCUT2D eigenvalue weighted by molar-refractivity contribution is -0.151. The van der Waals surface area contributed by atoms with E-state index < -0.39 is 30.2 Å². The van der Waals surface area contributed by atoms with Crippen molar-refractivity contribution in [1.29, 1.82) is 0 Å². The summed E-state index contributed by atoms with van der Waals surface area (Å²) >= 11 is 5.66. The molecule has 1 fully saturated rings. The molecule has 0 unspecified atom stereocenters. The first-order valence-electron chi connectivity index (χ1n) is 9.11. The fraction of sp³-hybridized carbons (Fsp3) is 0.286. The number of amides is 2. The molecule has 0 bridgehead atoms. The zero-order valence-corrected chi connectivity index (χ0v) is 16.5. The van der Waals surface area contributed by atoms with Crippen LogP contribution in [-0.4, -0.2) is 35.8 Å². The van der Waals surface area contributed by atoms with Gasteiger partial charge in [0.2, 0.25) is 5.91 Å². The molecular formula is C21H20ClFN2O4. The molecule has 0 aromatic heterocycles. The van der Waals surface area contributed by atoms with Crippen LogP contribution in [0.3, 0.4) is 0 Å². The summed E-state index contributed by atoms with van der Waals surface area (Å²) in [5, 5.41) is 2.34. The SMILES string of the molecule is C[C@H](c1ccccc1)N1C[C@@H](C(=O)OCC(=O)Nc2ccc(F)c(Cl)c2)CC1=O. The maximum atomic E-state index is 13.1. The van der Waals surface area contributed by atoms with Crippen LogP contribution in [0.25, 0.3) is 0 Å². The Kier molecular flexibility index (Phi) is 6.49. The Labute approximate surface area is 172 Å². The first kappa shape index (κ1) is 20.8. The normalized spacial score (nSPS) is 17.1. The smallest absolute Gasteiger partial charge is 0.311 e. The summed E-state index contributed by atoms with van der Waals surface area (Å²) in [6, 6.07) is 13.1. The van der Waals surface area contributed by atoms with Crippen molar-refractivity contribution in [2.45, 2.75) is 19.4 Å². The van der Waals surface area contributed by atoms with E-state index in [-0.39, 0.29) is 35.6 Å². The van der Waals surface area contributed by atoms with Crippen molar-refractivity contribution in [3.05, 3.63) is 64.9 Å². The molecule has 1 heterocycles. The number of nitrogens with one attached hydrogen (secondary N) is 1. The van der Waals surface area contributed by atoms with E-state index in [1.54, 1.807) is 4.90 Å². The van der Waals surface area contributed by atoms with Crippen LogP contribution in [-0.2, 0) is 19.1 Å². The molecule has 2 amide bonds. The van der Waals surface area contributed by atoms with Gasteiger partial charge in [0.15, 0.2) is 6.61 Å². The predicted molar refractivity (Wildman–Crippen MR) is 106 cm³/mol. The lowest BCUT2D eigenvalue weighted by atomic mass is 10.1. The fourth-order valence-electron chi connectivity index (χ4n) is 3.20. The first-order chi connectivity index (χ1) is 13.8. The summed E-state index contributed by atoms with van der Waals surface area (Å²) in [5.74, 6) is -2.54. The Hall–Kier alpha value is -2.93. The zero-order chi connectivity index (χ0) is 21.0. The van der Waals surface area contributed by atoms with Crippen molar-refractivity contribution >= 4 is 35.1 Å². The van der Waals surface area contributed by atoms with Crippen molar-refractivity contribution < 1.29 is 23.5 Å². The highest BCUT2D eigenvalue weighted by Gasteiger charge is 2.38. The van der Waals surface area contributed by atoms with Crippen molar-refractivity contribution in [3.8, 4) is 0 Å². The van der Waals surface area contributed by atoms with Gasteiger partial charge in [-0.3, -0.25) is 14.4 Å². The molecule has 1 N–H and O–H groups in total. The minimum Gasteiger partial charge on any atom is -0.455 e. The van der Waals surface area contributed by atoms with E-state index in [0.717, 1.165) is 11.6 Å². The van der Waals surface area contributed by atoms with Gasteiger partial charge in [-0.05, 0) is 30.7 Å². The zero-order valence-electron chi connectivity index (χ0n) is 15.7. The Morgan fingerprint density at radius 2 is 2.00 bits per heavy atom. The van der Waals surface area contributed by atoms with Crippen LogP contribution >= 0.6 is 11.6 Å². The number of benzene rings is 2. The van der Waals surface area contributed by atoms with Gasteiger partial charge in [-0.25, -0.2) is 4.39 Å². The maximum absolute atomic E-state index is 13.1. The number of carbonyl (C=O) groups is 3. The van der Waals surface area contributed by atoms with Gasteiger partial charge in [-0.1, -0.05) is 41.9 Å². The van der Waals surface area contributed by atoms with Crippen LogP contribution in [0.4, 0.5) is 10.1 Å². The van der Waals surface area contributed by atoms with Crippen LogP contribution in [0.1, 0.15) is 24.9 Å². The van der Waals surface area contributed by atoms with E-state index in [1.807, 2.05) is 37.3 Å². The number of halogens is 2. The Bertz CT molecular complexity index is 922. The molecule has 0 spiro atoms. The highest BCUT2D eigenvalue weighted by atomic mass is 35.5. The summed E-state index contributed by atoms with van der Waals surface area (Å²) in [5.41, 5.74) is 1.27. The van der Waals surface area contributed by atoms with Gasteiger partial charge in [-0.2, -0.15) is 0 Å². The number of rotatable bonds is 6. The molecule has 2 aromatic carbocycles. The molecule has 1 saturated heterocycles. The number of hydrogen-bond donors (Lipinski definition) is 1. The second-order valence-electron chi connectivity index (χ2n) is 6.82. The number of carbonyl (C=O) groups excluding carboxylic acids is 3. The second kappa shape index (κ2) is 9.05. The number of ether oxygens (including phenoxy) is 1. The lowest BCUT2D eigenvalue weighted by Gasteiger charge is -2.25. The number of anilines is 1. The molecule has 1 aliphatic heterocycles. The number of hydrogen-bond acceptors (Lipinski definition) is 4. The molecule has 2 aromatic rings. The van der Waals surface area contributed by atoms with E-state index in [0.29, 0.717) is 0 Å². The molecule has 0 radical (unpaired) electrons. The van der Waals surface area contributed by atoms with Gasteiger partial charge in [0, 0.05) is 18.7 Å². The minimum atomic E-state index is -0.623. The Morgan fingerprint density at radius 3 is 2.69 bits per heavy atom. The molecule has 3 rings (SSSR count). The second-order valence-corrected chi connectivity index (χ2v) is 7.23. The molecule has 6 nitrogen and oxygen atoms in total. The first-order valence-corrected chi connectivity index (χ1v) is 9.49. The van der Waals surface area contributed by atoms with Gasteiger partial charge in [0.1, 0.15) is 5.82 Å². The van der Waals surface area contributed by atoms with Crippen molar-refractivity contribution in [3.63, 3.8) is 0 Å². The van der Waals surface area contributed by atoms with Gasteiger partial charge in [0.25, 0.3) is 5.91 Å². The van der Waals surface area contributed by atoms with Gasteiger partial charge < -0.3 is 15.0 Å². The van der Waals surface area contributed by atoms with Crippen LogP contribution in [0.2, 0.25) is 5.02 Å². The molecule has 8 heteroatoms. The highest BCUT2D eigenvalue weighted by Crippen LogP contribution is 2.29. The number of esters is 1. The van der Waals surface area contributed by atoms with Crippen molar-refractivity contribution in [2.24, 2.45) is 5.92 Å². The van der Waals surface area contributed by atoms with Crippen LogP contribution in [0.15, 0.2) is 48.5 Å². The molecule has 2 atom stereocenters. The molecule has 1 aliphatic rings. The van der Waals surface area contributed by atoms with Crippen LogP contribution in [0.5, 0.6) is 0 Å². The predicted octanol–water partition coefficient (Wildman–Crippen LogP) is 3.57. The molecule has 152 valence electrons. The van der Waals surface area contributed by atoms with Crippen LogP contribution < -0.4 is 5.32 Å². The third-order valence-corrected chi connectivity index (χ3v) is 5.08. The van der Waals surface area contributed by atoms with E-state index in [9.17, 15) is 18.8 Å². The summed E-state index contributed by atoms with van der Waals surface area (Å²) < 4.78 is 18.2. The fourth-order valence-corrected chi connectivity index (χ4v) is 3.38. The minimum absolute atomic E-state index is 0.0468. The third kappa shape index (κ3) is 5.12. The molecular weight excluding hydrogens is 399 g/mol. The summed E-state index contributed by atoms with van der Waals surface area (Å²) in [7, 11) is 0. The summed E-state index contributed by atoms with van der Waals surface area (Å²) in [6.45, 7) is 1.64. The van der Waals surface area contributed by atoms with Crippen LogP contribution in [0, 0.1) is 11.7 Å². The summed E-state index contributed by atoms with van der Waals surface area (Å²) in [4.78, 5) is 38.2. The molecule has 29 heavy (non-hydrogen) atoms. The van der Waals surface area contributed by atoms with E-state index in [2.05, 4.69) is 5.32 Å². The van der Waals surface area contributed by atoms with Crippen molar-refractivity contribution in [2.75, 3.05) is 18.5 Å². The number of likely N-dealkylation sites (tertiary alicyclic amines) is 1. The monoisotopic (exact) mass is 418 g/mol. The molecule has 0 saturated carbocycles. The van der Waals surface area contributed by atoms with E-state index in [4.69, 9.17) is 16.3 Å². The highest BCUT2D eigenvalue weighted by molar-refractivity contribution is 6.31. The van der Waals surface area contributed by atoms with Crippen molar-refractivity contribution in [1.82, 2.24) is 4.90 Å². The van der Waals surface area contributed by atoms with E-state index >= 15 is 0 Å². The average Bonchev–Trinajstić information content (AvgIpc) is 3.11. The maximum Gasteiger partial charge on any atom is 0.311 e. The summed E-state index contributed by atoms with van der Waals surface area (Å²) in [6.07, 6.45) is 0.0468. The Balaban J connectivity index is 1.51. The van der Waals surface area contributed by atoms with Gasteiger partial charge in [0.05, 0.1) is 17.0 Å². The topological polar surface area (TPSA) is 75.7 Å². The lowest BCUT2D eigenvalue weighted by Crippen LogP contribution is -2.30.